The summed E-state index contributed by atoms with van der Waals surface area (Å²) in [5.41, 5.74) is 7.71. The number of halogens is 3. The third-order valence-electron chi connectivity index (χ3n) is 3.25. The first kappa shape index (κ1) is 16.3. The highest BCUT2D eigenvalue weighted by molar-refractivity contribution is 9.10. The van der Waals surface area contributed by atoms with Gasteiger partial charge in [-0.15, -0.1) is 0 Å². The smallest absolute Gasteiger partial charge is 0.145 e. The number of methoxy groups -OCH3 is 1. The van der Waals surface area contributed by atoms with E-state index in [4.69, 9.17) is 22.1 Å². The van der Waals surface area contributed by atoms with Gasteiger partial charge in [0.2, 0.25) is 0 Å². The van der Waals surface area contributed by atoms with Gasteiger partial charge in [-0.1, -0.05) is 39.7 Å². The van der Waals surface area contributed by atoms with Gasteiger partial charge in [0, 0.05) is 10.5 Å². The number of rotatable bonds is 5. The molecule has 0 aliphatic rings. The Kier molecular flexibility index (Phi) is 5.62. The molecule has 2 N–H and O–H groups in total. The van der Waals surface area contributed by atoms with Crippen LogP contribution in [0.5, 0.6) is 5.75 Å². The van der Waals surface area contributed by atoms with Gasteiger partial charge in [0.15, 0.2) is 0 Å². The van der Waals surface area contributed by atoms with Gasteiger partial charge in [0.05, 0.1) is 12.1 Å². The molecule has 0 heterocycles. The standard InChI is InChI=1S/C16H16BrClFNO/c1-21-13-5-6-14(17)11(9-13)8-12(20)7-10-3-2-4-15(18)16(10)19/h2-6,9,12H,7-8,20H2,1H3. The number of nitrogens with two attached hydrogens (primary N) is 1. The zero-order valence-electron chi connectivity index (χ0n) is 11.6. The van der Waals surface area contributed by atoms with Crippen molar-refractivity contribution in [3.8, 4) is 5.75 Å². The van der Waals surface area contributed by atoms with Crippen LogP contribution in [0.15, 0.2) is 40.9 Å². The zero-order chi connectivity index (χ0) is 15.4. The SMILES string of the molecule is COc1ccc(Br)c(CC(N)Cc2cccc(Cl)c2F)c1. The van der Waals surface area contributed by atoms with Gasteiger partial charge in [-0.05, 0) is 48.2 Å². The molecule has 0 amide bonds. The highest BCUT2D eigenvalue weighted by atomic mass is 79.9. The lowest BCUT2D eigenvalue weighted by molar-refractivity contribution is 0.414. The molecule has 0 fully saturated rings. The van der Waals surface area contributed by atoms with E-state index in [1.165, 1.54) is 6.07 Å². The summed E-state index contributed by atoms with van der Waals surface area (Å²) < 4.78 is 20.1. The molecule has 0 spiro atoms. The molecule has 2 rings (SSSR count). The summed E-state index contributed by atoms with van der Waals surface area (Å²) in [5, 5.41) is 0.127. The van der Waals surface area contributed by atoms with Crippen LogP contribution in [0, 0.1) is 5.82 Å². The fraction of sp³-hybridized carbons (Fsp3) is 0.250. The minimum atomic E-state index is -0.390. The topological polar surface area (TPSA) is 35.2 Å². The van der Waals surface area contributed by atoms with E-state index >= 15 is 0 Å². The molecule has 1 atom stereocenters. The first-order chi connectivity index (χ1) is 10.0. The summed E-state index contributed by atoms with van der Waals surface area (Å²) in [7, 11) is 1.62. The second-order valence-electron chi connectivity index (χ2n) is 4.84. The Morgan fingerprint density at radius 3 is 2.67 bits per heavy atom. The lowest BCUT2D eigenvalue weighted by Gasteiger charge is -2.14. The quantitative estimate of drug-likeness (QED) is 0.846. The first-order valence-corrected chi connectivity index (χ1v) is 7.69. The normalized spacial score (nSPS) is 12.2. The van der Waals surface area contributed by atoms with E-state index in [0.29, 0.717) is 18.4 Å². The van der Waals surface area contributed by atoms with E-state index < -0.39 is 0 Å². The van der Waals surface area contributed by atoms with Gasteiger partial charge in [-0.3, -0.25) is 0 Å². The van der Waals surface area contributed by atoms with Gasteiger partial charge >= 0.3 is 0 Å². The van der Waals surface area contributed by atoms with Gasteiger partial charge in [-0.2, -0.15) is 0 Å². The molecule has 0 saturated heterocycles. The van der Waals surface area contributed by atoms with Crippen molar-refractivity contribution in [2.75, 3.05) is 7.11 Å². The minimum absolute atomic E-state index is 0.127. The maximum Gasteiger partial charge on any atom is 0.145 e. The predicted octanol–water partition coefficient (Wildman–Crippen LogP) is 4.36. The van der Waals surface area contributed by atoms with Crippen molar-refractivity contribution in [1.82, 2.24) is 0 Å². The van der Waals surface area contributed by atoms with Crippen LogP contribution < -0.4 is 10.5 Å². The fourth-order valence-corrected chi connectivity index (χ4v) is 2.78. The summed E-state index contributed by atoms with van der Waals surface area (Å²) >= 11 is 9.28. The molecule has 5 heteroatoms. The molecule has 0 aliphatic heterocycles. The minimum Gasteiger partial charge on any atom is -0.497 e. The molecule has 2 aromatic rings. The van der Waals surface area contributed by atoms with E-state index in [2.05, 4.69) is 15.9 Å². The molecule has 1 unspecified atom stereocenters. The van der Waals surface area contributed by atoms with Gasteiger partial charge in [0.25, 0.3) is 0 Å². The highest BCUT2D eigenvalue weighted by Gasteiger charge is 2.13. The molecule has 0 bridgehead atoms. The van der Waals surface area contributed by atoms with Gasteiger partial charge < -0.3 is 10.5 Å². The predicted molar refractivity (Wildman–Crippen MR) is 87.5 cm³/mol. The summed E-state index contributed by atoms with van der Waals surface area (Å²) in [6.45, 7) is 0. The Morgan fingerprint density at radius 1 is 1.24 bits per heavy atom. The molecular formula is C16H16BrClFNO. The van der Waals surface area contributed by atoms with Crippen LogP contribution in [0.4, 0.5) is 4.39 Å². The average Bonchev–Trinajstić information content (AvgIpc) is 2.46. The van der Waals surface area contributed by atoms with Crippen LogP contribution in [-0.4, -0.2) is 13.2 Å². The Labute approximate surface area is 137 Å². The number of hydrogen-bond donors (Lipinski definition) is 1. The van der Waals surface area contributed by atoms with E-state index in [0.717, 1.165) is 15.8 Å². The van der Waals surface area contributed by atoms with Crippen LogP contribution in [0.2, 0.25) is 5.02 Å². The first-order valence-electron chi connectivity index (χ1n) is 6.52. The molecule has 0 radical (unpaired) electrons. The molecule has 2 aromatic carbocycles. The van der Waals surface area contributed by atoms with Gasteiger partial charge in [-0.25, -0.2) is 4.39 Å². The Balaban J connectivity index is 2.11. The average molecular weight is 373 g/mol. The van der Waals surface area contributed by atoms with Crippen molar-refractivity contribution in [1.29, 1.82) is 0 Å². The van der Waals surface area contributed by atoms with Crippen molar-refractivity contribution in [2.24, 2.45) is 5.73 Å². The second kappa shape index (κ2) is 7.25. The lowest BCUT2D eigenvalue weighted by Crippen LogP contribution is -2.26. The Hall–Kier alpha value is -1.10. The summed E-state index contributed by atoms with van der Waals surface area (Å²) in [6, 6.07) is 10.5. The third-order valence-corrected chi connectivity index (χ3v) is 4.31. The summed E-state index contributed by atoms with van der Waals surface area (Å²) in [5.74, 6) is 0.383. The monoisotopic (exact) mass is 371 g/mol. The number of hydrogen-bond acceptors (Lipinski definition) is 2. The molecule has 0 saturated carbocycles. The van der Waals surface area contributed by atoms with Gasteiger partial charge in [0.1, 0.15) is 11.6 Å². The van der Waals surface area contributed by atoms with Crippen molar-refractivity contribution < 1.29 is 9.13 Å². The van der Waals surface area contributed by atoms with Crippen molar-refractivity contribution >= 4 is 27.5 Å². The van der Waals surface area contributed by atoms with Crippen LogP contribution in [-0.2, 0) is 12.8 Å². The van der Waals surface area contributed by atoms with E-state index in [9.17, 15) is 4.39 Å². The van der Waals surface area contributed by atoms with E-state index in [-0.39, 0.29) is 16.9 Å². The molecule has 112 valence electrons. The van der Waals surface area contributed by atoms with Crippen molar-refractivity contribution in [3.05, 3.63) is 62.8 Å². The molecule has 0 aliphatic carbocycles. The molecule has 21 heavy (non-hydrogen) atoms. The molecule has 2 nitrogen and oxygen atoms in total. The maximum absolute atomic E-state index is 13.9. The fourth-order valence-electron chi connectivity index (χ4n) is 2.18. The largest absolute Gasteiger partial charge is 0.497 e. The third kappa shape index (κ3) is 4.19. The van der Waals surface area contributed by atoms with Crippen molar-refractivity contribution in [2.45, 2.75) is 18.9 Å². The Morgan fingerprint density at radius 2 is 1.95 bits per heavy atom. The van der Waals surface area contributed by atoms with Crippen LogP contribution in [0.1, 0.15) is 11.1 Å². The molecule has 0 aromatic heterocycles. The second-order valence-corrected chi connectivity index (χ2v) is 6.10. The van der Waals surface area contributed by atoms with Crippen LogP contribution >= 0.6 is 27.5 Å². The van der Waals surface area contributed by atoms with E-state index in [1.54, 1.807) is 19.2 Å². The lowest BCUT2D eigenvalue weighted by atomic mass is 9.99. The van der Waals surface area contributed by atoms with Crippen LogP contribution in [0.3, 0.4) is 0 Å². The summed E-state index contributed by atoms with van der Waals surface area (Å²) in [6.07, 6.45) is 1.04. The summed E-state index contributed by atoms with van der Waals surface area (Å²) in [4.78, 5) is 0. The number of ether oxygens (including phenoxy) is 1. The van der Waals surface area contributed by atoms with Crippen molar-refractivity contribution in [3.63, 3.8) is 0 Å². The maximum atomic E-state index is 13.9. The molecular weight excluding hydrogens is 357 g/mol. The van der Waals surface area contributed by atoms with Crippen LogP contribution in [0.25, 0.3) is 0 Å². The van der Waals surface area contributed by atoms with E-state index in [1.807, 2.05) is 18.2 Å². The zero-order valence-corrected chi connectivity index (χ0v) is 13.9. The highest BCUT2D eigenvalue weighted by Crippen LogP contribution is 2.25. The number of benzene rings is 2. The Bertz CT molecular complexity index is 636.